The molecule has 3 aliphatic carbocycles. The van der Waals surface area contributed by atoms with Crippen LogP contribution in [-0.2, 0) is 15.0 Å². The number of phenolic OH excluding ortho intramolecular Hbond substituents is 1. The second-order valence-corrected chi connectivity index (χ2v) is 11.6. The average Bonchev–Trinajstić information content (AvgIpc) is 3.28. The fourth-order valence-corrected chi connectivity index (χ4v) is 7.40. The number of hydrazone groups is 1. The number of hydrogen-bond acceptors (Lipinski definition) is 7. The molecule has 8 rings (SSSR count). The Morgan fingerprint density at radius 1 is 0.953 bits per heavy atom. The van der Waals surface area contributed by atoms with E-state index in [2.05, 4.69) is 26.5 Å². The maximum Gasteiger partial charge on any atom is 0.293 e. The number of aromatic hydroxyl groups is 1. The highest BCUT2D eigenvalue weighted by molar-refractivity contribution is 9.10. The molecule has 0 saturated carbocycles. The smallest absolute Gasteiger partial charge is 0.293 e. The Morgan fingerprint density at radius 3 is 2.26 bits per heavy atom. The largest absolute Gasteiger partial charge is 0.507 e. The third-order valence-electron chi connectivity index (χ3n) is 8.64. The highest BCUT2D eigenvalue weighted by Gasteiger charge is 2.68. The average molecular weight is 637 g/mol. The maximum absolute atomic E-state index is 14.4. The molecular weight excluding hydrogens is 616 g/mol. The van der Waals surface area contributed by atoms with Gasteiger partial charge in [-0.25, -0.2) is 10.3 Å². The normalized spacial score (nSPS) is 23.2. The van der Waals surface area contributed by atoms with Gasteiger partial charge in [0, 0.05) is 22.7 Å². The summed E-state index contributed by atoms with van der Waals surface area (Å²) < 4.78 is 0.583. The van der Waals surface area contributed by atoms with Crippen LogP contribution in [0.25, 0.3) is 0 Å². The highest BCUT2D eigenvalue weighted by Crippen LogP contribution is 2.63. The van der Waals surface area contributed by atoms with Crippen molar-refractivity contribution >= 4 is 51.2 Å². The first-order valence-corrected chi connectivity index (χ1v) is 14.2. The number of imide groups is 1. The molecule has 1 fully saturated rings. The fraction of sp³-hybridized carbons (Fsp3) is 0.125. The zero-order chi connectivity index (χ0) is 30.0. The molecule has 0 radical (unpaired) electrons. The number of phenols is 1. The molecule has 2 bridgehead atoms. The molecule has 4 aliphatic rings. The van der Waals surface area contributed by atoms with Crippen LogP contribution in [0.1, 0.15) is 38.5 Å². The van der Waals surface area contributed by atoms with E-state index in [1.54, 1.807) is 12.1 Å². The first-order chi connectivity index (χ1) is 20.8. The maximum atomic E-state index is 14.4. The van der Waals surface area contributed by atoms with Crippen molar-refractivity contribution in [1.29, 1.82) is 0 Å². The molecule has 11 heteroatoms. The predicted molar refractivity (Wildman–Crippen MR) is 160 cm³/mol. The Hall–Kier alpha value is -5.16. The van der Waals surface area contributed by atoms with Crippen molar-refractivity contribution in [2.45, 2.75) is 11.3 Å². The number of anilines is 1. The lowest BCUT2D eigenvalue weighted by Gasteiger charge is -2.52. The van der Waals surface area contributed by atoms with Crippen molar-refractivity contribution in [3.05, 3.63) is 133 Å². The van der Waals surface area contributed by atoms with Crippen LogP contribution in [0, 0.1) is 22.0 Å². The molecule has 10 nitrogen and oxygen atoms in total. The van der Waals surface area contributed by atoms with E-state index in [0.29, 0.717) is 4.47 Å². The van der Waals surface area contributed by atoms with Gasteiger partial charge in [-0.1, -0.05) is 76.6 Å². The molecule has 0 aromatic heterocycles. The third kappa shape index (κ3) is 3.71. The summed E-state index contributed by atoms with van der Waals surface area (Å²) in [5.74, 6) is -4.35. The summed E-state index contributed by atoms with van der Waals surface area (Å²) in [7, 11) is 0. The lowest BCUT2D eigenvalue weighted by molar-refractivity contribution is -0.384. The van der Waals surface area contributed by atoms with E-state index in [0.717, 1.165) is 27.2 Å². The van der Waals surface area contributed by atoms with Crippen molar-refractivity contribution in [2.24, 2.45) is 16.9 Å². The van der Waals surface area contributed by atoms with E-state index >= 15 is 0 Å². The summed E-state index contributed by atoms with van der Waals surface area (Å²) in [4.78, 5) is 54.0. The lowest BCUT2D eigenvalue weighted by atomic mass is 9.47. The topological polar surface area (TPSA) is 142 Å². The van der Waals surface area contributed by atoms with Gasteiger partial charge in [-0.05, 0) is 46.5 Å². The summed E-state index contributed by atoms with van der Waals surface area (Å²) in [5.41, 5.74) is 3.94. The lowest BCUT2D eigenvalue weighted by Crippen LogP contribution is -2.54. The van der Waals surface area contributed by atoms with Gasteiger partial charge in [0.2, 0.25) is 11.8 Å². The number of nitrogens with zero attached hydrogens (tertiary/aromatic N) is 3. The number of halogens is 1. The summed E-state index contributed by atoms with van der Waals surface area (Å²) in [6.45, 7) is 0. The first-order valence-electron chi connectivity index (χ1n) is 13.4. The Balaban J connectivity index is 1.41. The molecule has 0 unspecified atom stereocenters. The Labute approximate surface area is 252 Å². The van der Waals surface area contributed by atoms with E-state index in [1.165, 1.54) is 36.5 Å². The van der Waals surface area contributed by atoms with Crippen LogP contribution in [0.2, 0.25) is 0 Å². The van der Waals surface area contributed by atoms with Crippen LogP contribution in [0.3, 0.4) is 0 Å². The number of rotatable bonds is 5. The van der Waals surface area contributed by atoms with E-state index in [9.17, 15) is 29.6 Å². The molecule has 1 aliphatic heterocycles. The number of amides is 3. The van der Waals surface area contributed by atoms with Crippen LogP contribution >= 0.6 is 15.9 Å². The van der Waals surface area contributed by atoms with Gasteiger partial charge in [-0.2, -0.15) is 5.10 Å². The van der Waals surface area contributed by atoms with Crippen molar-refractivity contribution in [1.82, 2.24) is 5.43 Å². The number of nitro groups is 1. The van der Waals surface area contributed by atoms with Crippen LogP contribution in [0.5, 0.6) is 5.75 Å². The number of nitrogens with one attached hydrogen (secondary N) is 1. The standard InChI is InChI=1S/C32H21BrN4O6/c33-17-13-14-25(38)20(15-17)29(39)35-34-16-32-21-9-3-1-7-18(21)26(19-8-2-4-10-22(19)32)27-28(32)31(41)36(30(27)40)23-11-5-6-12-24(23)37(42)43/h1-16,26-28,38H,(H,35,39)/b34-16-/t26?,27-,28-,32?/m0/s1. The van der Waals surface area contributed by atoms with Gasteiger partial charge in [0.05, 0.1) is 27.7 Å². The summed E-state index contributed by atoms with van der Waals surface area (Å²) in [6.07, 6.45) is 1.48. The van der Waals surface area contributed by atoms with Gasteiger partial charge >= 0.3 is 0 Å². The summed E-state index contributed by atoms with van der Waals surface area (Å²) in [6, 6.07) is 25.1. The van der Waals surface area contributed by atoms with Gasteiger partial charge in [0.15, 0.2) is 0 Å². The van der Waals surface area contributed by atoms with Crippen LogP contribution < -0.4 is 10.3 Å². The van der Waals surface area contributed by atoms with Crippen LogP contribution in [0.4, 0.5) is 11.4 Å². The molecule has 3 amide bonds. The molecule has 4 aromatic rings. The predicted octanol–water partition coefficient (Wildman–Crippen LogP) is 5.03. The van der Waals surface area contributed by atoms with Crippen molar-refractivity contribution in [2.75, 3.05) is 4.90 Å². The Morgan fingerprint density at radius 2 is 1.58 bits per heavy atom. The van der Waals surface area contributed by atoms with Gasteiger partial charge < -0.3 is 5.11 Å². The van der Waals surface area contributed by atoms with E-state index in [4.69, 9.17) is 0 Å². The zero-order valence-electron chi connectivity index (χ0n) is 22.2. The van der Waals surface area contributed by atoms with Gasteiger partial charge in [-0.15, -0.1) is 0 Å². The molecular formula is C32H21BrN4O6. The minimum atomic E-state index is -1.29. The fourth-order valence-electron chi connectivity index (χ4n) is 7.04. The number of carbonyl (C=O) groups is 3. The zero-order valence-corrected chi connectivity index (χ0v) is 23.8. The van der Waals surface area contributed by atoms with Crippen molar-refractivity contribution in [3.8, 4) is 5.75 Å². The Kier molecular flexibility index (Phi) is 6.03. The molecule has 0 spiro atoms. The molecule has 2 N–H and O–H groups in total. The van der Waals surface area contributed by atoms with E-state index in [-0.39, 0.29) is 22.7 Å². The van der Waals surface area contributed by atoms with Crippen molar-refractivity contribution < 1.29 is 24.4 Å². The number of carbonyl (C=O) groups excluding carboxylic acids is 3. The second-order valence-electron chi connectivity index (χ2n) is 10.6. The van der Waals surface area contributed by atoms with Crippen molar-refractivity contribution in [3.63, 3.8) is 0 Å². The third-order valence-corrected chi connectivity index (χ3v) is 9.13. The Bertz CT molecular complexity index is 1880. The van der Waals surface area contributed by atoms with Gasteiger partial charge in [-0.3, -0.25) is 24.5 Å². The molecule has 2 atom stereocenters. The monoisotopic (exact) mass is 636 g/mol. The molecule has 1 saturated heterocycles. The molecule has 4 aromatic carbocycles. The van der Waals surface area contributed by atoms with Gasteiger partial charge in [0.25, 0.3) is 11.6 Å². The molecule has 212 valence electrons. The van der Waals surface area contributed by atoms with Crippen LogP contribution in [0.15, 0.2) is 101 Å². The second kappa shape index (κ2) is 9.70. The summed E-state index contributed by atoms with van der Waals surface area (Å²) in [5, 5.41) is 26.5. The number of hydrogen-bond donors (Lipinski definition) is 2. The highest BCUT2D eigenvalue weighted by atomic mass is 79.9. The number of para-hydroxylation sites is 2. The molecule has 1 heterocycles. The van der Waals surface area contributed by atoms with E-state index < -0.39 is 45.8 Å². The minimum absolute atomic E-state index is 0.00950. The SMILES string of the molecule is O=C(N/N=C\C12c3ccccc3C(c3ccccc31)[C@@H]1C(=O)N(c3ccccc3[N+](=O)[O-])C(=O)[C@H]12)c1cc(Br)ccc1O. The van der Waals surface area contributed by atoms with E-state index in [1.807, 2.05) is 48.5 Å². The summed E-state index contributed by atoms with van der Waals surface area (Å²) >= 11 is 3.29. The number of nitro benzene ring substituents is 1. The van der Waals surface area contributed by atoms with Crippen LogP contribution in [-0.4, -0.2) is 34.0 Å². The first kappa shape index (κ1) is 26.7. The quantitative estimate of drug-likeness (QED) is 0.136. The molecule has 43 heavy (non-hydrogen) atoms. The minimum Gasteiger partial charge on any atom is -0.507 e. The number of benzene rings is 4. The van der Waals surface area contributed by atoms with Gasteiger partial charge in [0.1, 0.15) is 11.4 Å².